The molecule has 0 spiro atoms. The summed E-state index contributed by atoms with van der Waals surface area (Å²) in [6.07, 6.45) is 0.932. The van der Waals surface area contributed by atoms with Crippen LogP contribution in [-0.2, 0) is 30.4 Å². The first kappa shape index (κ1) is 23.8. The molecule has 3 aromatic rings. The van der Waals surface area contributed by atoms with Gasteiger partial charge in [0.05, 0.1) is 27.4 Å². The molecular formula is C22H19ClF3N3O2S2. The van der Waals surface area contributed by atoms with Crippen LogP contribution in [0.2, 0.25) is 5.02 Å². The van der Waals surface area contributed by atoms with E-state index in [9.17, 15) is 22.8 Å². The van der Waals surface area contributed by atoms with Crippen molar-refractivity contribution in [1.82, 2.24) is 9.55 Å². The molecule has 11 heteroatoms. The maximum Gasteiger partial charge on any atom is 0.416 e. The third kappa shape index (κ3) is 4.97. The van der Waals surface area contributed by atoms with Crippen molar-refractivity contribution in [3.05, 3.63) is 62.2 Å². The number of fused-ring (bicyclic) bond motifs is 3. The number of alkyl halides is 3. The molecule has 0 saturated heterocycles. The second kappa shape index (κ2) is 9.52. The number of carbonyl (C=O) groups is 1. The van der Waals surface area contributed by atoms with Crippen molar-refractivity contribution in [3.63, 3.8) is 0 Å². The summed E-state index contributed by atoms with van der Waals surface area (Å²) in [6.45, 7) is 3.93. The molecule has 174 valence electrons. The number of thiophene rings is 1. The predicted molar refractivity (Wildman–Crippen MR) is 127 cm³/mol. The summed E-state index contributed by atoms with van der Waals surface area (Å²) in [5.41, 5.74) is -0.133. The van der Waals surface area contributed by atoms with Gasteiger partial charge in [-0.1, -0.05) is 29.4 Å². The summed E-state index contributed by atoms with van der Waals surface area (Å²) in [5.74, 6) is -0.724. The highest BCUT2D eigenvalue weighted by Gasteiger charge is 2.31. The number of aromatic nitrogens is 2. The van der Waals surface area contributed by atoms with Crippen molar-refractivity contribution in [3.8, 4) is 0 Å². The van der Waals surface area contributed by atoms with E-state index in [1.807, 2.05) is 0 Å². The number of hydrogen-bond donors (Lipinski definition) is 1. The Morgan fingerprint density at radius 2 is 2.09 bits per heavy atom. The molecule has 1 aromatic carbocycles. The Labute approximate surface area is 200 Å². The summed E-state index contributed by atoms with van der Waals surface area (Å²) in [5, 5.41) is 3.40. The fourth-order valence-corrected chi connectivity index (χ4v) is 6.01. The number of anilines is 1. The van der Waals surface area contributed by atoms with Crippen LogP contribution >= 0.6 is 34.7 Å². The van der Waals surface area contributed by atoms with E-state index in [0.29, 0.717) is 15.4 Å². The van der Waals surface area contributed by atoms with Crippen molar-refractivity contribution in [2.45, 2.75) is 43.6 Å². The maximum atomic E-state index is 13.2. The molecule has 5 nitrogen and oxygen atoms in total. The number of amides is 1. The monoisotopic (exact) mass is 513 g/mol. The number of halogens is 4. The van der Waals surface area contributed by atoms with Gasteiger partial charge in [-0.2, -0.15) is 13.2 Å². The second-order valence-electron chi connectivity index (χ2n) is 7.52. The number of aryl methyl sites for hydroxylation is 2. The van der Waals surface area contributed by atoms with Gasteiger partial charge in [0.25, 0.3) is 5.56 Å². The van der Waals surface area contributed by atoms with Gasteiger partial charge in [-0.3, -0.25) is 14.2 Å². The largest absolute Gasteiger partial charge is 0.416 e. The van der Waals surface area contributed by atoms with Crippen LogP contribution in [0.15, 0.2) is 40.8 Å². The molecule has 0 unspecified atom stereocenters. The SMILES string of the molecule is C=CCn1c(SCC(=O)Nc2cc(C(F)(F)F)ccc2Cl)nc2sc3c(c2c1=O)CCCC3. The van der Waals surface area contributed by atoms with E-state index in [4.69, 9.17) is 11.6 Å². The van der Waals surface area contributed by atoms with Crippen LogP contribution in [0.5, 0.6) is 0 Å². The Morgan fingerprint density at radius 3 is 2.82 bits per heavy atom. The summed E-state index contributed by atoms with van der Waals surface area (Å²) < 4.78 is 40.4. The minimum absolute atomic E-state index is 0.00590. The number of benzene rings is 1. The molecule has 0 bridgehead atoms. The topological polar surface area (TPSA) is 64.0 Å². The lowest BCUT2D eigenvalue weighted by Crippen LogP contribution is -2.24. The number of allylic oxidation sites excluding steroid dienone is 1. The van der Waals surface area contributed by atoms with Crippen LogP contribution in [-0.4, -0.2) is 21.2 Å². The number of rotatable bonds is 6. The first-order valence-electron chi connectivity index (χ1n) is 10.1. The molecular weight excluding hydrogens is 495 g/mol. The van der Waals surface area contributed by atoms with Crippen molar-refractivity contribution in [2.75, 3.05) is 11.1 Å². The van der Waals surface area contributed by atoms with E-state index < -0.39 is 17.6 Å². The van der Waals surface area contributed by atoms with Crippen molar-refractivity contribution < 1.29 is 18.0 Å². The second-order valence-corrected chi connectivity index (χ2v) is 9.95. The molecule has 0 radical (unpaired) electrons. The zero-order valence-electron chi connectivity index (χ0n) is 17.3. The Hall–Kier alpha value is -2.30. The highest BCUT2D eigenvalue weighted by molar-refractivity contribution is 7.99. The first-order chi connectivity index (χ1) is 15.7. The molecule has 33 heavy (non-hydrogen) atoms. The van der Waals surface area contributed by atoms with Crippen LogP contribution in [0.3, 0.4) is 0 Å². The first-order valence-corrected chi connectivity index (χ1v) is 12.3. The number of nitrogens with zero attached hydrogens (tertiary/aromatic N) is 2. The van der Waals surface area contributed by atoms with Gasteiger partial charge in [0.15, 0.2) is 5.16 Å². The molecule has 0 fully saturated rings. The third-order valence-corrected chi connectivity index (χ3v) is 7.74. The van der Waals surface area contributed by atoms with Gasteiger partial charge in [-0.05, 0) is 49.4 Å². The van der Waals surface area contributed by atoms with Crippen molar-refractivity contribution in [2.24, 2.45) is 0 Å². The minimum atomic E-state index is -4.56. The Balaban J connectivity index is 1.58. The average molecular weight is 514 g/mol. The molecule has 0 aliphatic heterocycles. The van der Waals surface area contributed by atoms with Gasteiger partial charge in [-0.25, -0.2) is 4.98 Å². The van der Waals surface area contributed by atoms with Gasteiger partial charge in [-0.15, -0.1) is 17.9 Å². The fraction of sp³-hybridized carbons (Fsp3) is 0.318. The van der Waals surface area contributed by atoms with Crippen LogP contribution in [0.25, 0.3) is 10.2 Å². The molecule has 1 aliphatic carbocycles. The van der Waals surface area contributed by atoms with Crippen molar-refractivity contribution >= 4 is 56.5 Å². The molecule has 0 saturated carbocycles. The number of thioether (sulfide) groups is 1. The number of nitrogens with one attached hydrogen (secondary N) is 1. The minimum Gasteiger partial charge on any atom is -0.324 e. The Morgan fingerprint density at radius 1 is 1.33 bits per heavy atom. The van der Waals surface area contributed by atoms with E-state index in [1.165, 1.54) is 20.8 Å². The quantitative estimate of drug-likeness (QED) is 0.252. The smallest absolute Gasteiger partial charge is 0.324 e. The van der Waals surface area contributed by atoms with Gasteiger partial charge in [0.2, 0.25) is 5.91 Å². The fourth-order valence-electron chi connectivity index (χ4n) is 3.73. The van der Waals surface area contributed by atoms with Gasteiger partial charge in [0.1, 0.15) is 4.83 Å². The summed E-state index contributed by atoms with van der Waals surface area (Å²) in [6, 6.07) is 2.72. The zero-order valence-corrected chi connectivity index (χ0v) is 19.7. The normalized spacial score (nSPS) is 13.7. The van der Waals surface area contributed by atoms with Crippen LogP contribution in [0.1, 0.15) is 28.8 Å². The lowest BCUT2D eigenvalue weighted by atomic mass is 9.97. The van der Waals surface area contributed by atoms with E-state index in [-0.39, 0.29) is 28.6 Å². The molecule has 1 aliphatic rings. The van der Waals surface area contributed by atoms with Crippen LogP contribution in [0.4, 0.5) is 18.9 Å². The Kier molecular flexibility index (Phi) is 6.88. The van der Waals surface area contributed by atoms with E-state index >= 15 is 0 Å². The van der Waals surface area contributed by atoms with E-state index in [0.717, 1.165) is 61.2 Å². The lowest BCUT2D eigenvalue weighted by molar-refractivity contribution is -0.137. The predicted octanol–water partition coefficient (Wildman–Crippen LogP) is 5.93. The van der Waals surface area contributed by atoms with Gasteiger partial charge >= 0.3 is 6.18 Å². The Bertz CT molecular complexity index is 1300. The summed E-state index contributed by atoms with van der Waals surface area (Å²) in [7, 11) is 0. The van der Waals surface area contributed by atoms with Crippen LogP contribution in [0, 0.1) is 0 Å². The highest BCUT2D eigenvalue weighted by atomic mass is 35.5. The molecule has 4 rings (SSSR count). The van der Waals surface area contributed by atoms with Gasteiger partial charge in [0, 0.05) is 11.4 Å². The summed E-state index contributed by atoms with van der Waals surface area (Å²) >= 11 is 8.50. The molecule has 2 heterocycles. The van der Waals surface area contributed by atoms with E-state index in [2.05, 4.69) is 16.9 Å². The number of hydrogen-bond acceptors (Lipinski definition) is 5. The highest BCUT2D eigenvalue weighted by Crippen LogP contribution is 2.35. The number of carbonyl (C=O) groups excluding carboxylic acids is 1. The molecule has 2 aromatic heterocycles. The standard InChI is InChI=1S/C22H19ClF3N3O2S2/c1-2-9-29-20(31)18-13-5-3-4-6-16(13)33-19(18)28-21(29)32-11-17(30)27-15-10-12(22(24,25)26)7-8-14(15)23/h2,7-8,10H,1,3-6,9,11H2,(H,27,30). The third-order valence-electron chi connectivity index (χ3n) is 5.25. The maximum absolute atomic E-state index is 13.2. The summed E-state index contributed by atoms with van der Waals surface area (Å²) in [4.78, 5) is 32.2. The molecule has 0 atom stereocenters. The average Bonchev–Trinajstić information content (AvgIpc) is 3.14. The van der Waals surface area contributed by atoms with Crippen molar-refractivity contribution in [1.29, 1.82) is 0 Å². The van der Waals surface area contributed by atoms with E-state index in [1.54, 1.807) is 6.08 Å². The van der Waals surface area contributed by atoms with Gasteiger partial charge < -0.3 is 5.32 Å². The van der Waals surface area contributed by atoms with Crippen LogP contribution < -0.4 is 10.9 Å². The lowest BCUT2D eigenvalue weighted by Gasteiger charge is -2.13. The zero-order chi connectivity index (χ0) is 23.8. The molecule has 1 N–H and O–H groups in total. The molecule has 1 amide bonds.